The van der Waals surface area contributed by atoms with Crippen LogP contribution in [0.2, 0.25) is 0 Å². The Bertz CT molecular complexity index is 822. The van der Waals surface area contributed by atoms with Gasteiger partial charge in [-0.1, -0.05) is 50.8 Å². The molecule has 1 amide bonds. The number of benzene rings is 1. The number of unbranched alkanes of at least 4 members (excludes halogenated alkanes) is 4. The van der Waals surface area contributed by atoms with Crippen LogP contribution >= 0.6 is 0 Å². The van der Waals surface area contributed by atoms with Crippen LogP contribution in [0, 0.1) is 0 Å². The lowest BCUT2D eigenvalue weighted by Crippen LogP contribution is -2.25. The Kier molecular flexibility index (Phi) is 9.22. The van der Waals surface area contributed by atoms with Crippen molar-refractivity contribution in [2.45, 2.75) is 52.0 Å². The number of hydrogen-bond donors (Lipinski definition) is 0. The molecule has 0 bridgehead atoms. The van der Waals surface area contributed by atoms with Crippen LogP contribution in [0.15, 0.2) is 46.9 Å². The molecule has 1 heterocycles. The van der Waals surface area contributed by atoms with Gasteiger partial charge < -0.3 is 14.1 Å². The zero-order valence-corrected chi connectivity index (χ0v) is 17.6. The van der Waals surface area contributed by atoms with Crippen molar-refractivity contribution in [1.82, 2.24) is 4.90 Å². The third kappa shape index (κ3) is 7.60. The van der Waals surface area contributed by atoms with Gasteiger partial charge in [-0.3, -0.25) is 4.79 Å². The molecule has 0 N–H and O–H groups in total. The first-order chi connectivity index (χ1) is 14.0. The van der Waals surface area contributed by atoms with Gasteiger partial charge in [-0.2, -0.15) is 0 Å². The summed E-state index contributed by atoms with van der Waals surface area (Å²) in [6.07, 6.45) is 9.23. The van der Waals surface area contributed by atoms with Gasteiger partial charge in [0.25, 0.3) is 0 Å². The molecule has 0 aliphatic heterocycles. The largest absolute Gasteiger partial charge is 0.466 e. The van der Waals surface area contributed by atoms with E-state index in [0.29, 0.717) is 24.5 Å². The van der Waals surface area contributed by atoms with Crippen molar-refractivity contribution in [3.05, 3.63) is 53.8 Å². The number of hydrogen-bond acceptors (Lipinski definition) is 4. The van der Waals surface area contributed by atoms with Crippen molar-refractivity contribution in [1.29, 1.82) is 0 Å². The molecule has 0 saturated heterocycles. The Morgan fingerprint density at radius 1 is 1.10 bits per heavy atom. The average molecular weight is 398 g/mol. The minimum Gasteiger partial charge on any atom is -0.466 e. The van der Waals surface area contributed by atoms with E-state index in [4.69, 9.17) is 4.42 Å². The fourth-order valence-electron chi connectivity index (χ4n) is 3.07. The van der Waals surface area contributed by atoms with Crippen molar-refractivity contribution in [3.63, 3.8) is 0 Å². The molecule has 0 unspecified atom stereocenters. The van der Waals surface area contributed by atoms with Crippen molar-refractivity contribution in [3.8, 4) is 11.3 Å². The number of ether oxygens (including phenoxy) is 1. The summed E-state index contributed by atoms with van der Waals surface area (Å²) in [7, 11) is 3.18. The Hall–Kier alpha value is -2.82. The van der Waals surface area contributed by atoms with Gasteiger partial charge in [0.1, 0.15) is 11.5 Å². The number of nitrogens with zero attached hydrogens (tertiary/aromatic N) is 1. The van der Waals surface area contributed by atoms with E-state index in [9.17, 15) is 9.59 Å². The summed E-state index contributed by atoms with van der Waals surface area (Å²) in [5, 5.41) is 0. The van der Waals surface area contributed by atoms with E-state index in [-0.39, 0.29) is 5.91 Å². The number of esters is 1. The van der Waals surface area contributed by atoms with E-state index in [1.54, 1.807) is 17.0 Å². The van der Waals surface area contributed by atoms with Crippen LogP contribution in [0.3, 0.4) is 0 Å². The fourth-order valence-corrected chi connectivity index (χ4v) is 3.07. The molecule has 156 valence electrons. The van der Waals surface area contributed by atoms with Gasteiger partial charge in [-0.05, 0) is 36.3 Å². The Morgan fingerprint density at radius 2 is 1.90 bits per heavy atom. The Morgan fingerprint density at radius 3 is 2.66 bits per heavy atom. The molecular weight excluding hydrogens is 366 g/mol. The van der Waals surface area contributed by atoms with Crippen LogP contribution in [0.5, 0.6) is 0 Å². The normalized spacial score (nSPS) is 11.0. The minimum atomic E-state index is -0.428. The van der Waals surface area contributed by atoms with Crippen LogP contribution in [0.4, 0.5) is 0 Å². The molecule has 0 atom stereocenters. The molecule has 29 heavy (non-hydrogen) atoms. The molecule has 1 aromatic carbocycles. The summed E-state index contributed by atoms with van der Waals surface area (Å²) in [6.45, 7) is 2.76. The summed E-state index contributed by atoms with van der Waals surface area (Å²) in [6, 6.07) is 11.6. The van der Waals surface area contributed by atoms with Crippen molar-refractivity contribution < 1.29 is 18.7 Å². The van der Waals surface area contributed by atoms with E-state index in [1.807, 2.05) is 37.4 Å². The molecular formula is C24H31NO4. The fraction of sp³-hybridized carbons (Fsp3) is 0.417. The quantitative estimate of drug-likeness (QED) is 0.287. The van der Waals surface area contributed by atoms with Gasteiger partial charge in [0.05, 0.1) is 7.11 Å². The van der Waals surface area contributed by atoms with Gasteiger partial charge in [-0.25, -0.2) is 4.79 Å². The highest BCUT2D eigenvalue weighted by Crippen LogP contribution is 2.24. The highest BCUT2D eigenvalue weighted by atomic mass is 16.5. The maximum absolute atomic E-state index is 12.4. The average Bonchev–Trinajstić information content (AvgIpc) is 3.21. The second-order valence-electron chi connectivity index (χ2n) is 7.17. The lowest BCUT2D eigenvalue weighted by Gasteiger charge is -2.17. The van der Waals surface area contributed by atoms with Crippen molar-refractivity contribution in [2.75, 3.05) is 14.2 Å². The van der Waals surface area contributed by atoms with Gasteiger partial charge >= 0.3 is 5.97 Å². The molecule has 0 aliphatic carbocycles. The lowest BCUT2D eigenvalue weighted by molar-refractivity contribution is -0.134. The monoisotopic (exact) mass is 397 g/mol. The van der Waals surface area contributed by atoms with Crippen LogP contribution < -0.4 is 0 Å². The van der Waals surface area contributed by atoms with E-state index < -0.39 is 5.97 Å². The number of amides is 1. The van der Waals surface area contributed by atoms with Crippen LogP contribution in [-0.4, -0.2) is 30.9 Å². The van der Waals surface area contributed by atoms with Crippen molar-refractivity contribution in [2.24, 2.45) is 0 Å². The minimum absolute atomic E-state index is 0.181. The number of furan rings is 1. The van der Waals surface area contributed by atoms with E-state index in [2.05, 4.69) is 11.7 Å². The molecule has 5 nitrogen and oxygen atoms in total. The summed E-state index contributed by atoms with van der Waals surface area (Å²) < 4.78 is 10.4. The standard InChI is InChI=1S/C24H31NO4/c1-4-5-6-7-8-12-23(26)25(2)18-19-10-9-11-20(17-19)22-15-13-21(29-22)14-16-24(27)28-3/h9-11,13-17H,4-8,12,18H2,1-3H3. The number of rotatable bonds is 11. The number of carbonyl (C=O) groups is 2. The van der Waals surface area contributed by atoms with E-state index in [1.165, 1.54) is 32.4 Å². The molecule has 0 aliphatic rings. The van der Waals surface area contributed by atoms with Crippen LogP contribution in [0.1, 0.15) is 56.8 Å². The first-order valence-corrected chi connectivity index (χ1v) is 10.2. The maximum atomic E-state index is 12.4. The second kappa shape index (κ2) is 11.9. The third-order valence-electron chi connectivity index (χ3n) is 4.76. The molecule has 5 heteroatoms. The summed E-state index contributed by atoms with van der Waals surface area (Å²) in [4.78, 5) is 25.3. The predicted octanol–water partition coefficient (Wildman–Crippen LogP) is 5.45. The topological polar surface area (TPSA) is 59.8 Å². The molecule has 0 saturated carbocycles. The summed E-state index contributed by atoms with van der Waals surface area (Å²) >= 11 is 0. The van der Waals surface area contributed by atoms with Gasteiger partial charge in [-0.15, -0.1) is 0 Å². The molecule has 0 radical (unpaired) electrons. The Labute approximate surface area is 173 Å². The molecule has 0 spiro atoms. The maximum Gasteiger partial charge on any atom is 0.330 e. The first kappa shape index (κ1) is 22.5. The smallest absolute Gasteiger partial charge is 0.330 e. The highest BCUT2D eigenvalue weighted by molar-refractivity contribution is 5.86. The predicted molar refractivity (Wildman–Crippen MR) is 115 cm³/mol. The molecule has 2 rings (SSSR count). The van der Waals surface area contributed by atoms with E-state index in [0.717, 1.165) is 24.0 Å². The number of carbonyl (C=O) groups excluding carboxylic acids is 2. The van der Waals surface area contributed by atoms with E-state index >= 15 is 0 Å². The second-order valence-corrected chi connectivity index (χ2v) is 7.17. The Balaban J connectivity index is 1.94. The van der Waals surface area contributed by atoms with Crippen LogP contribution in [-0.2, 0) is 20.9 Å². The summed E-state index contributed by atoms with van der Waals surface area (Å²) in [5.74, 6) is 1.04. The third-order valence-corrected chi connectivity index (χ3v) is 4.76. The van der Waals surface area contributed by atoms with Gasteiger partial charge in [0.2, 0.25) is 5.91 Å². The summed E-state index contributed by atoms with van der Waals surface area (Å²) in [5.41, 5.74) is 1.98. The zero-order valence-electron chi connectivity index (χ0n) is 17.6. The van der Waals surface area contributed by atoms with Crippen molar-refractivity contribution >= 4 is 18.0 Å². The molecule has 2 aromatic rings. The molecule has 0 fully saturated rings. The van der Waals surface area contributed by atoms with Gasteiger partial charge in [0.15, 0.2) is 0 Å². The number of methoxy groups -OCH3 is 1. The SMILES string of the molecule is CCCCCCCC(=O)N(C)Cc1cccc(-c2ccc(C=CC(=O)OC)o2)c1. The van der Waals surface area contributed by atoms with Crippen LogP contribution in [0.25, 0.3) is 17.4 Å². The lowest BCUT2D eigenvalue weighted by atomic mass is 10.1. The first-order valence-electron chi connectivity index (χ1n) is 10.2. The van der Waals surface area contributed by atoms with Gasteiger partial charge in [0, 0.05) is 31.7 Å². The molecule has 1 aromatic heterocycles. The zero-order chi connectivity index (χ0) is 21.1. The highest BCUT2D eigenvalue weighted by Gasteiger charge is 2.10.